The first-order valence-corrected chi connectivity index (χ1v) is 8.94. The zero-order valence-corrected chi connectivity index (χ0v) is 14.7. The van der Waals surface area contributed by atoms with Crippen LogP contribution in [0.4, 0.5) is 0 Å². The number of aromatic nitrogens is 2. The van der Waals surface area contributed by atoms with E-state index < -0.39 is 5.76 Å². The summed E-state index contributed by atoms with van der Waals surface area (Å²) in [5, 5.41) is 0. The third kappa shape index (κ3) is 3.03. The van der Waals surface area contributed by atoms with E-state index in [-0.39, 0.29) is 18.4 Å². The molecule has 1 fully saturated rings. The van der Waals surface area contributed by atoms with Crippen molar-refractivity contribution in [1.29, 1.82) is 0 Å². The third-order valence-corrected chi connectivity index (χ3v) is 4.97. The van der Waals surface area contributed by atoms with Crippen molar-refractivity contribution in [3.8, 4) is 0 Å². The fourth-order valence-corrected chi connectivity index (χ4v) is 3.68. The molecule has 4 rings (SSSR count). The smallest absolute Gasteiger partial charge is 0.408 e. The van der Waals surface area contributed by atoms with Gasteiger partial charge in [0.2, 0.25) is 5.91 Å². The van der Waals surface area contributed by atoms with Gasteiger partial charge < -0.3 is 9.32 Å². The minimum absolute atomic E-state index is 0.0313. The molecule has 134 valence electrons. The molecule has 1 saturated heterocycles. The van der Waals surface area contributed by atoms with Crippen molar-refractivity contribution in [2.24, 2.45) is 0 Å². The van der Waals surface area contributed by atoms with Crippen molar-refractivity contribution in [1.82, 2.24) is 14.5 Å². The topological polar surface area (TPSA) is 68.3 Å². The van der Waals surface area contributed by atoms with Gasteiger partial charge in [-0.2, -0.15) is 0 Å². The van der Waals surface area contributed by atoms with Crippen LogP contribution in [-0.2, 0) is 11.3 Å². The van der Waals surface area contributed by atoms with Gasteiger partial charge in [-0.25, -0.2) is 4.79 Å². The maximum atomic E-state index is 12.8. The van der Waals surface area contributed by atoms with Crippen LogP contribution < -0.4 is 5.76 Å². The van der Waals surface area contributed by atoms with Crippen LogP contribution in [0.2, 0.25) is 0 Å². The number of pyridine rings is 1. The summed E-state index contributed by atoms with van der Waals surface area (Å²) in [5.41, 5.74) is 3.28. The third-order valence-electron chi connectivity index (χ3n) is 4.97. The van der Waals surface area contributed by atoms with Crippen LogP contribution >= 0.6 is 0 Å². The number of likely N-dealkylation sites (tertiary alicyclic amines) is 1. The molecule has 26 heavy (non-hydrogen) atoms. The number of carbonyl (C=O) groups excluding carboxylic acids is 1. The molecule has 0 radical (unpaired) electrons. The van der Waals surface area contributed by atoms with E-state index in [1.54, 1.807) is 16.8 Å². The highest BCUT2D eigenvalue weighted by Crippen LogP contribution is 2.31. The van der Waals surface area contributed by atoms with Gasteiger partial charge in [0, 0.05) is 25.7 Å². The number of nitrogens with zero attached hydrogens (tertiary/aromatic N) is 3. The lowest BCUT2D eigenvalue weighted by atomic mass is 10.1. The SMILES string of the molecule is Cc1ccc2oc(=O)n(CCC(=O)N3CCCC3c3ccccn3)c2c1. The molecule has 0 bridgehead atoms. The lowest BCUT2D eigenvalue weighted by molar-refractivity contribution is -0.132. The van der Waals surface area contributed by atoms with Crippen molar-refractivity contribution >= 4 is 17.0 Å². The number of rotatable bonds is 4. The lowest BCUT2D eigenvalue weighted by Gasteiger charge is -2.24. The van der Waals surface area contributed by atoms with Crippen LogP contribution in [0.1, 0.15) is 36.6 Å². The van der Waals surface area contributed by atoms with Crippen molar-refractivity contribution in [2.75, 3.05) is 6.54 Å². The van der Waals surface area contributed by atoms with Crippen LogP contribution in [0.25, 0.3) is 11.1 Å². The molecule has 3 aromatic rings. The highest BCUT2D eigenvalue weighted by atomic mass is 16.4. The highest BCUT2D eigenvalue weighted by Gasteiger charge is 2.30. The van der Waals surface area contributed by atoms with Crippen molar-refractivity contribution in [2.45, 2.75) is 38.8 Å². The Labute approximate surface area is 151 Å². The van der Waals surface area contributed by atoms with E-state index in [1.807, 2.05) is 42.2 Å². The van der Waals surface area contributed by atoms with Crippen LogP contribution in [0.15, 0.2) is 51.8 Å². The van der Waals surface area contributed by atoms with Gasteiger partial charge >= 0.3 is 5.76 Å². The Bertz CT molecular complexity index is 990. The fraction of sp³-hybridized carbons (Fsp3) is 0.350. The fourth-order valence-electron chi connectivity index (χ4n) is 3.68. The molecule has 2 aromatic heterocycles. The zero-order chi connectivity index (χ0) is 18.1. The lowest BCUT2D eigenvalue weighted by Crippen LogP contribution is -2.32. The normalized spacial score (nSPS) is 17.1. The van der Waals surface area contributed by atoms with Gasteiger partial charge in [-0.3, -0.25) is 14.3 Å². The van der Waals surface area contributed by atoms with E-state index in [4.69, 9.17) is 4.42 Å². The number of hydrogen-bond donors (Lipinski definition) is 0. The average molecular weight is 351 g/mol. The van der Waals surface area contributed by atoms with E-state index in [0.717, 1.165) is 36.2 Å². The van der Waals surface area contributed by atoms with E-state index in [0.29, 0.717) is 12.1 Å². The standard InChI is InChI=1S/C20H21N3O3/c1-14-7-8-18-17(13-14)23(20(25)26-18)12-9-19(24)22-11-4-6-16(22)15-5-2-3-10-21-15/h2-3,5,7-8,10,13,16H,4,6,9,11-12H2,1H3. The first-order valence-electron chi connectivity index (χ1n) is 8.94. The number of aryl methyl sites for hydroxylation is 2. The van der Waals surface area contributed by atoms with Crippen molar-refractivity contribution < 1.29 is 9.21 Å². The van der Waals surface area contributed by atoms with Gasteiger partial charge in [0.15, 0.2) is 5.58 Å². The van der Waals surface area contributed by atoms with E-state index in [9.17, 15) is 9.59 Å². The Kier molecular flexibility index (Phi) is 4.32. The minimum atomic E-state index is -0.416. The van der Waals surface area contributed by atoms with Gasteiger partial charge in [0.1, 0.15) is 0 Å². The summed E-state index contributed by atoms with van der Waals surface area (Å²) in [6.07, 6.45) is 3.93. The first-order chi connectivity index (χ1) is 12.6. The van der Waals surface area contributed by atoms with E-state index >= 15 is 0 Å². The van der Waals surface area contributed by atoms with Crippen LogP contribution in [0.3, 0.4) is 0 Å². The van der Waals surface area contributed by atoms with Gasteiger partial charge in [-0.1, -0.05) is 12.1 Å². The molecule has 0 N–H and O–H groups in total. The minimum Gasteiger partial charge on any atom is -0.408 e. The number of amides is 1. The first kappa shape index (κ1) is 16.6. The molecule has 6 nitrogen and oxygen atoms in total. The molecule has 1 aliphatic heterocycles. The maximum Gasteiger partial charge on any atom is 0.419 e. The van der Waals surface area contributed by atoms with Gasteiger partial charge in [-0.05, 0) is 49.6 Å². The molecule has 1 atom stereocenters. The number of oxazole rings is 1. The summed E-state index contributed by atoms with van der Waals surface area (Å²) in [7, 11) is 0. The molecule has 1 amide bonds. The number of hydrogen-bond acceptors (Lipinski definition) is 4. The molecule has 0 aliphatic carbocycles. The molecular weight excluding hydrogens is 330 g/mol. The average Bonchev–Trinajstić information content (AvgIpc) is 3.25. The van der Waals surface area contributed by atoms with Crippen LogP contribution in [0, 0.1) is 6.92 Å². The molecule has 1 unspecified atom stereocenters. The predicted octanol–water partition coefficient (Wildman–Crippen LogP) is 3.05. The Balaban J connectivity index is 1.51. The molecular formula is C20H21N3O3. The molecule has 0 saturated carbocycles. The van der Waals surface area contributed by atoms with Crippen molar-refractivity contribution in [3.05, 3.63) is 64.4 Å². The largest absolute Gasteiger partial charge is 0.419 e. The molecule has 0 spiro atoms. The summed E-state index contributed by atoms with van der Waals surface area (Å²) >= 11 is 0. The van der Waals surface area contributed by atoms with E-state index in [1.165, 1.54) is 0 Å². The quantitative estimate of drug-likeness (QED) is 0.724. The highest BCUT2D eigenvalue weighted by molar-refractivity contribution is 5.78. The Hall–Kier alpha value is -2.89. The second-order valence-corrected chi connectivity index (χ2v) is 6.74. The summed E-state index contributed by atoms with van der Waals surface area (Å²) in [6, 6.07) is 11.4. The Morgan fingerprint density at radius 1 is 1.31 bits per heavy atom. The number of fused-ring (bicyclic) bond motifs is 1. The summed E-state index contributed by atoms with van der Waals surface area (Å²) < 4.78 is 6.82. The van der Waals surface area contributed by atoms with E-state index in [2.05, 4.69) is 4.98 Å². The monoisotopic (exact) mass is 351 g/mol. The van der Waals surface area contributed by atoms with Gasteiger partial charge in [-0.15, -0.1) is 0 Å². The molecule has 1 aliphatic rings. The molecule has 6 heteroatoms. The maximum absolute atomic E-state index is 12.8. The summed E-state index contributed by atoms with van der Waals surface area (Å²) in [5.74, 6) is -0.367. The predicted molar refractivity (Wildman–Crippen MR) is 97.8 cm³/mol. The Morgan fingerprint density at radius 2 is 2.19 bits per heavy atom. The molecule has 3 heterocycles. The van der Waals surface area contributed by atoms with Gasteiger partial charge in [0.05, 0.1) is 17.3 Å². The number of carbonyl (C=O) groups is 1. The van der Waals surface area contributed by atoms with Gasteiger partial charge in [0.25, 0.3) is 0 Å². The summed E-state index contributed by atoms with van der Waals surface area (Å²) in [4.78, 5) is 31.2. The second kappa shape index (κ2) is 6.78. The Morgan fingerprint density at radius 3 is 3.00 bits per heavy atom. The zero-order valence-electron chi connectivity index (χ0n) is 14.7. The summed E-state index contributed by atoms with van der Waals surface area (Å²) in [6.45, 7) is 3.02. The van der Waals surface area contributed by atoms with Crippen LogP contribution in [0.5, 0.6) is 0 Å². The number of benzene rings is 1. The second-order valence-electron chi connectivity index (χ2n) is 6.74. The molecule has 1 aromatic carbocycles. The van der Waals surface area contributed by atoms with Crippen LogP contribution in [-0.4, -0.2) is 26.9 Å². The van der Waals surface area contributed by atoms with Crippen molar-refractivity contribution in [3.63, 3.8) is 0 Å².